The van der Waals surface area contributed by atoms with Crippen LogP contribution in [0.4, 0.5) is 11.6 Å². The number of fused-ring (bicyclic) bond motifs is 1. The van der Waals surface area contributed by atoms with Crippen molar-refractivity contribution in [2.24, 2.45) is 0 Å². The van der Waals surface area contributed by atoms with Crippen molar-refractivity contribution in [1.82, 2.24) is 34.7 Å². The van der Waals surface area contributed by atoms with Gasteiger partial charge in [-0.3, -0.25) is 0 Å². The highest BCUT2D eigenvalue weighted by molar-refractivity contribution is 5.96. The van der Waals surface area contributed by atoms with E-state index in [1.807, 2.05) is 13.1 Å². The molecule has 0 aromatic carbocycles. The number of rotatable bonds is 6. The van der Waals surface area contributed by atoms with Crippen LogP contribution in [0.5, 0.6) is 0 Å². The van der Waals surface area contributed by atoms with E-state index in [0.29, 0.717) is 34.8 Å². The van der Waals surface area contributed by atoms with E-state index in [2.05, 4.69) is 25.4 Å². The van der Waals surface area contributed by atoms with Crippen LogP contribution in [0.2, 0.25) is 0 Å². The Morgan fingerprint density at radius 2 is 1.83 bits per heavy atom. The van der Waals surface area contributed by atoms with Crippen molar-refractivity contribution < 1.29 is 9.84 Å². The van der Waals surface area contributed by atoms with Crippen molar-refractivity contribution in [1.29, 1.82) is 0 Å². The van der Waals surface area contributed by atoms with Crippen molar-refractivity contribution in [2.45, 2.75) is 51.7 Å². The molecule has 4 N–H and O–H groups in total. The normalized spacial score (nSPS) is 15.0. The molecular weight excluding hydrogens is 446 g/mol. The number of nitrogen functional groups attached to an aromatic ring is 1. The molecule has 1 saturated heterocycles. The van der Waals surface area contributed by atoms with E-state index in [9.17, 15) is 5.11 Å². The number of ether oxygens (including phenoxy) is 1. The maximum atomic E-state index is 10.1. The molecule has 4 aromatic heterocycles. The number of nitrogens with one attached hydrogen (secondary N) is 1. The molecule has 4 aromatic rings. The highest BCUT2D eigenvalue weighted by Gasteiger charge is 2.20. The first-order valence-corrected chi connectivity index (χ1v) is 11.7. The maximum Gasteiger partial charge on any atom is 0.250 e. The summed E-state index contributed by atoms with van der Waals surface area (Å²) in [5, 5.41) is 18.1. The quantitative estimate of drug-likeness (QED) is 0.380. The number of aliphatic hydroxyl groups is 1. The third-order valence-electron chi connectivity index (χ3n) is 6.14. The topological polar surface area (TPSA) is 150 Å². The van der Waals surface area contributed by atoms with Gasteiger partial charge in [-0.15, -0.1) is 0 Å². The smallest absolute Gasteiger partial charge is 0.250 e. The third kappa shape index (κ3) is 4.64. The minimum atomic E-state index is -1.02. The van der Waals surface area contributed by atoms with Gasteiger partial charge in [0.25, 0.3) is 0 Å². The van der Waals surface area contributed by atoms with E-state index in [4.69, 9.17) is 20.4 Å². The molecule has 0 radical (unpaired) electrons. The summed E-state index contributed by atoms with van der Waals surface area (Å²) in [5.74, 6) is 1.48. The Morgan fingerprint density at radius 3 is 2.51 bits per heavy atom. The highest BCUT2D eigenvalue weighted by Crippen LogP contribution is 2.31. The molecule has 182 valence electrons. The summed E-state index contributed by atoms with van der Waals surface area (Å²) >= 11 is 0. The Labute approximate surface area is 202 Å². The Morgan fingerprint density at radius 1 is 1.09 bits per heavy atom. The molecule has 11 heteroatoms. The number of nitrogens with zero attached hydrogens (tertiary/aromatic N) is 7. The lowest BCUT2D eigenvalue weighted by atomic mass is 10.0. The van der Waals surface area contributed by atoms with E-state index in [1.165, 1.54) is 0 Å². The van der Waals surface area contributed by atoms with Gasteiger partial charge in [0.15, 0.2) is 5.82 Å². The Hall–Kier alpha value is -3.70. The second-order valence-electron chi connectivity index (χ2n) is 9.16. The summed E-state index contributed by atoms with van der Waals surface area (Å²) in [6.07, 6.45) is 11.0. The molecule has 0 amide bonds. The monoisotopic (exact) mass is 475 g/mol. The van der Waals surface area contributed by atoms with Crippen LogP contribution in [-0.4, -0.2) is 59.1 Å². The zero-order valence-corrected chi connectivity index (χ0v) is 20.1. The molecule has 5 rings (SSSR count). The predicted molar refractivity (Wildman–Crippen MR) is 132 cm³/mol. The van der Waals surface area contributed by atoms with Crippen molar-refractivity contribution in [3.05, 3.63) is 42.2 Å². The maximum absolute atomic E-state index is 10.1. The van der Waals surface area contributed by atoms with Crippen molar-refractivity contribution >= 4 is 22.7 Å². The highest BCUT2D eigenvalue weighted by atomic mass is 16.5. The molecule has 0 spiro atoms. The summed E-state index contributed by atoms with van der Waals surface area (Å²) < 4.78 is 7.06. The molecule has 0 unspecified atom stereocenters. The van der Waals surface area contributed by atoms with E-state index in [1.54, 1.807) is 43.3 Å². The van der Waals surface area contributed by atoms with Crippen molar-refractivity contribution in [3.63, 3.8) is 0 Å². The van der Waals surface area contributed by atoms with Gasteiger partial charge in [0, 0.05) is 60.7 Å². The number of aromatic nitrogens is 7. The number of hydrogen-bond acceptors (Lipinski definition) is 10. The fourth-order valence-electron chi connectivity index (χ4n) is 4.03. The van der Waals surface area contributed by atoms with Gasteiger partial charge in [-0.05, 0) is 33.1 Å². The Bertz CT molecular complexity index is 1340. The second-order valence-corrected chi connectivity index (χ2v) is 9.16. The Kier molecular flexibility index (Phi) is 6.03. The van der Waals surface area contributed by atoms with Crippen LogP contribution in [0.25, 0.3) is 28.1 Å². The number of anilines is 2. The summed E-state index contributed by atoms with van der Waals surface area (Å²) in [6.45, 7) is 6.89. The lowest BCUT2D eigenvalue weighted by Crippen LogP contribution is -2.29. The molecule has 1 aliphatic heterocycles. The molecule has 35 heavy (non-hydrogen) atoms. The average Bonchev–Trinajstić information content (AvgIpc) is 3.34. The number of pyridine rings is 1. The lowest BCUT2D eigenvalue weighted by molar-refractivity contribution is 0.0778. The molecule has 1 fully saturated rings. The molecule has 0 saturated carbocycles. The van der Waals surface area contributed by atoms with Gasteiger partial charge in [0.05, 0.1) is 17.5 Å². The summed E-state index contributed by atoms with van der Waals surface area (Å²) in [4.78, 5) is 22.9. The van der Waals surface area contributed by atoms with Gasteiger partial charge in [-0.25, -0.2) is 29.6 Å². The van der Waals surface area contributed by atoms with Gasteiger partial charge >= 0.3 is 0 Å². The molecular formula is C24H29N9O2. The number of hydrogen-bond donors (Lipinski definition) is 3. The zero-order chi connectivity index (χ0) is 24.6. The number of nitrogens with two attached hydrogens (primary N) is 1. The van der Waals surface area contributed by atoms with Crippen LogP contribution < -0.4 is 11.1 Å². The molecule has 0 atom stereocenters. The van der Waals surface area contributed by atoms with E-state index in [0.717, 1.165) is 48.7 Å². The van der Waals surface area contributed by atoms with E-state index >= 15 is 0 Å². The van der Waals surface area contributed by atoms with Crippen molar-refractivity contribution in [3.8, 4) is 17.1 Å². The zero-order valence-electron chi connectivity index (χ0n) is 20.1. The van der Waals surface area contributed by atoms with Crippen LogP contribution in [0.15, 0.2) is 31.0 Å². The third-order valence-corrected chi connectivity index (χ3v) is 6.14. The van der Waals surface area contributed by atoms with Crippen LogP contribution in [-0.2, 0) is 16.8 Å². The Balaban J connectivity index is 1.53. The second kappa shape index (κ2) is 9.16. The first-order valence-electron chi connectivity index (χ1n) is 11.7. The largest absolute Gasteiger partial charge is 0.386 e. The van der Waals surface area contributed by atoms with Crippen LogP contribution in [0.3, 0.4) is 0 Å². The molecule has 0 bridgehead atoms. The molecule has 11 nitrogen and oxygen atoms in total. The predicted octanol–water partition coefficient (Wildman–Crippen LogP) is 2.63. The van der Waals surface area contributed by atoms with Crippen LogP contribution in [0, 0.1) is 0 Å². The summed E-state index contributed by atoms with van der Waals surface area (Å²) in [5.41, 5.74) is 9.42. The minimum Gasteiger partial charge on any atom is -0.386 e. The standard InChI is InChI=1S/C24H29N9O2/c1-4-18-22(30-16-5-7-35-8-6-16)32-19-17(12-26-21(25)20(19)31-18)14-9-29-33(13-14)23-27-10-15(11-28-23)24(2,3)34/h9-13,16,34H,4-8H2,1-3H3,(H2,25,26)(H,30,32). The fourth-order valence-corrected chi connectivity index (χ4v) is 4.03. The van der Waals surface area contributed by atoms with E-state index < -0.39 is 5.60 Å². The van der Waals surface area contributed by atoms with Crippen LogP contribution >= 0.6 is 0 Å². The SMILES string of the molecule is CCc1nc2c(N)ncc(-c3cnn(-c4ncc(C(C)(C)O)cn4)c3)c2nc1NC1CCOCC1. The van der Waals surface area contributed by atoms with Gasteiger partial charge < -0.3 is 20.9 Å². The van der Waals surface area contributed by atoms with Gasteiger partial charge in [-0.1, -0.05) is 6.92 Å². The summed E-state index contributed by atoms with van der Waals surface area (Å²) in [6, 6.07) is 0.287. The first-order chi connectivity index (χ1) is 16.8. The first kappa shape index (κ1) is 23.1. The van der Waals surface area contributed by atoms with Crippen molar-refractivity contribution in [2.75, 3.05) is 24.3 Å². The number of aryl methyl sites for hydroxylation is 1. The molecule has 0 aliphatic carbocycles. The van der Waals surface area contributed by atoms with Gasteiger partial charge in [-0.2, -0.15) is 5.10 Å². The molecule has 5 heterocycles. The minimum absolute atomic E-state index is 0.287. The van der Waals surface area contributed by atoms with Gasteiger partial charge in [0.2, 0.25) is 5.95 Å². The average molecular weight is 476 g/mol. The fraction of sp³-hybridized carbons (Fsp3) is 0.417. The van der Waals surface area contributed by atoms with Crippen LogP contribution in [0.1, 0.15) is 44.9 Å². The molecule has 1 aliphatic rings. The van der Waals surface area contributed by atoms with Gasteiger partial charge in [0.1, 0.15) is 16.9 Å². The lowest BCUT2D eigenvalue weighted by Gasteiger charge is -2.24. The van der Waals surface area contributed by atoms with E-state index in [-0.39, 0.29) is 6.04 Å². The summed E-state index contributed by atoms with van der Waals surface area (Å²) in [7, 11) is 0.